The SMILES string of the molecule is Cc1cc(-c2csc(NC(=O)c3cccc(S(=O)(=O)NC4CC4)c3)n2)c(C)s1. The predicted molar refractivity (Wildman–Crippen MR) is 113 cm³/mol. The number of thiazole rings is 1. The third-order valence-electron chi connectivity index (χ3n) is 4.35. The normalized spacial score (nSPS) is 14.2. The largest absolute Gasteiger partial charge is 0.298 e. The van der Waals surface area contributed by atoms with Crippen molar-refractivity contribution in [3.63, 3.8) is 0 Å². The average molecular weight is 434 g/mol. The highest BCUT2D eigenvalue weighted by Gasteiger charge is 2.28. The molecular weight excluding hydrogens is 414 g/mol. The minimum absolute atomic E-state index is 0.0143. The van der Waals surface area contributed by atoms with E-state index in [2.05, 4.69) is 28.0 Å². The highest BCUT2D eigenvalue weighted by Crippen LogP contribution is 2.32. The Balaban J connectivity index is 1.51. The molecule has 9 heteroatoms. The molecule has 0 saturated heterocycles. The van der Waals surface area contributed by atoms with Gasteiger partial charge in [0.2, 0.25) is 10.0 Å². The Morgan fingerprint density at radius 2 is 2.00 bits per heavy atom. The lowest BCUT2D eigenvalue weighted by molar-refractivity contribution is 0.102. The number of carbonyl (C=O) groups excluding carboxylic acids is 1. The summed E-state index contributed by atoms with van der Waals surface area (Å²) in [5.41, 5.74) is 2.17. The number of carbonyl (C=O) groups is 1. The molecule has 1 aliphatic rings. The highest BCUT2D eigenvalue weighted by molar-refractivity contribution is 7.89. The van der Waals surface area contributed by atoms with Crippen LogP contribution >= 0.6 is 22.7 Å². The molecule has 2 N–H and O–H groups in total. The fourth-order valence-corrected chi connectivity index (χ4v) is 5.79. The molecule has 0 aliphatic heterocycles. The Morgan fingerprint density at radius 1 is 1.21 bits per heavy atom. The molecule has 4 rings (SSSR count). The van der Waals surface area contributed by atoms with Gasteiger partial charge in [-0.15, -0.1) is 22.7 Å². The van der Waals surface area contributed by atoms with Gasteiger partial charge in [0.15, 0.2) is 5.13 Å². The van der Waals surface area contributed by atoms with Crippen molar-refractivity contribution >= 4 is 43.7 Å². The number of benzene rings is 1. The molecule has 146 valence electrons. The van der Waals surface area contributed by atoms with E-state index in [1.807, 2.05) is 12.3 Å². The van der Waals surface area contributed by atoms with Gasteiger partial charge in [-0.25, -0.2) is 18.1 Å². The number of anilines is 1. The van der Waals surface area contributed by atoms with Crippen LogP contribution in [-0.2, 0) is 10.0 Å². The molecule has 0 unspecified atom stereocenters. The van der Waals surface area contributed by atoms with E-state index in [0.717, 1.165) is 24.1 Å². The number of hydrogen-bond acceptors (Lipinski definition) is 6. The number of rotatable bonds is 6. The summed E-state index contributed by atoms with van der Waals surface area (Å²) in [5, 5.41) is 5.15. The van der Waals surface area contributed by atoms with Crippen LogP contribution in [0.15, 0.2) is 40.6 Å². The molecule has 1 fully saturated rings. The molecule has 28 heavy (non-hydrogen) atoms. The number of sulfonamides is 1. The third kappa shape index (κ3) is 4.17. The van der Waals surface area contributed by atoms with Crippen molar-refractivity contribution < 1.29 is 13.2 Å². The monoisotopic (exact) mass is 433 g/mol. The Bertz CT molecular complexity index is 1140. The molecule has 0 radical (unpaired) electrons. The first-order valence-corrected chi connectivity index (χ1v) is 12.0. The Morgan fingerprint density at radius 3 is 2.68 bits per heavy atom. The van der Waals surface area contributed by atoms with Gasteiger partial charge in [0.25, 0.3) is 5.91 Å². The summed E-state index contributed by atoms with van der Waals surface area (Å²) in [6.45, 7) is 4.10. The van der Waals surface area contributed by atoms with Crippen LogP contribution in [0.5, 0.6) is 0 Å². The van der Waals surface area contributed by atoms with Crippen LogP contribution < -0.4 is 10.0 Å². The maximum absolute atomic E-state index is 12.6. The van der Waals surface area contributed by atoms with Gasteiger partial charge >= 0.3 is 0 Å². The lowest BCUT2D eigenvalue weighted by Crippen LogP contribution is -2.26. The van der Waals surface area contributed by atoms with Crippen LogP contribution in [0.2, 0.25) is 0 Å². The Hall–Kier alpha value is -2.07. The van der Waals surface area contributed by atoms with Gasteiger partial charge in [0, 0.05) is 32.3 Å². The van der Waals surface area contributed by atoms with Crippen LogP contribution in [0.4, 0.5) is 5.13 Å². The second kappa shape index (κ2) is 7.40. The summed E-state index contributed by atoms with van der Waals surface area (Å²) < 4.78 is 27.3. The number of thiophene rings is 1. The highest BCUT2D eigenvalue weighted by atomic mass is 32.2. The van der Waals surface area contributed by atoms with E-state index in [9.17, 15) is 13.2 Å². The van der Waals surface area contributed by atoms with E-state index in [-0.39, 0.29) is 22.4 Å². The molecule has 3 aromatic rings. The van der Waals surface area contributed by atoms with Crippen LogP contribution in [0.3, 0.4) is 0 Å². The van der Waals surface area contributed by atoms with Crippen molar-refractivity contribution in [3.05, 3.63) is 51.0 Å². The molecule has 6 nitrogen and oxygen atoms in total. The summed E-state index contributed by atoms with van der Waals surface area (Å²) in [5.74, 6) is -0.386. The van der Waals surface area contributed by atoms with E-state index in [1.165, 1.54) is 33.2 Å². The fraction of sp³-hybridized carbons (Fsp3) is 0.263. The zero-order valence-electron chi connectivity index (χ0n) is 15.4. The van der Waals surface area contributed by atoms with Crippen molar-refractivity contribution in [2.45, 2.75) is 37.6 Å². The number of amides is 1. The minimum Gasteiger partial charge on any atom is -0.298 e. The van der Waals surface area contributed by atoms with Crippen molar-refractivity contribution in [1.82, 2.24) is 9.71 Å². The van der Waals surface area contributed by atoms with Crippen molar-refractivity contribution in [2.24, 2.45) is 0 Å². The molecule has 1 aliphatic carbocycles. The van der Waals surface area contributed by atoms with Crippen LogP contribution in [0.1, 0.15) is 33.0 Å². The Labute approximate surface area is 171 Å². The van der Waals surface area contributed by atoms with Crippen LogP contribution in [-0.4, -0.2) is 25.4 Å². The Kier molecular flexibility index (Phi) is 5.09. The van der Waals surface area contributed by atoms with E-state index in [4.69, 9.17) is 0 Å². The zero-order valence-corrected chi connectivity index (χ0v) is 17.8. The van der Waals surface area contributed by atoms with Gasteiger partial charge in [-0.2, -0.15) is 0 Å². The quantitative estimate of drug-likeness (QED) is 0.610. The van der Waals surface area contributed by atoms with E-state index >= 15 is 0 Å². The second-order valence-electron chi connectivity index (χ2n) is 6.74. The van der Waals surface area contributed by atoms with Gasteiger partial charge in [0.05, 0.1) is 10.6 Å². The summed E-state index contributed by atoms with van der Waals surface area (Å²) >= 11 is 3.05. The first kappa shape index (κ1) is 19.3. The molecule has 2 heterocycles. The maximum Gasteiger partial charge on any atom is 0.257 e. The van der Waals surface area contributed by atoms with Crippen LogP contribution in [0, 0.1) is 13.8 Å². The number of nitrogens with one attached hydrogen (secondary N) is 2. The molecule has 0 spiro atoms. The van der Waals surface area contributed by atoms with Gasteiger partial charge in [-0.05, 0) is 51.0 Å². The smallest absolute Gasteiger partial charge is 0.257 e. The zero-order chi connectivity index (χ0) is 19.9. The lowest BCUT2D eigenvalue weighted by Gasteiger charge is -2.07. The second-order valence-corrected chi connectivity index (χ2v) is 10.8. The van der Waals surface area contributed by atoms with Crippen molar-refractivity contribution in [2.75, 3.05) is 5.32 Å². The molecule has 1 amide bonds. The minimum atomic E-state index is -3.60. The summed E-state index contributed by atoms with van der Waals surface area (Å²) in [6.07, 6.45) is 1.71. The summed E-state index contributed by atoms with van der Waals surface area (Å²) in [6, 6.07) is 8.14. The van der Waals surface area contributed by atoms with Gasteiger partial charge in [-0.3, -0.25) is 10.1 Å². The number of aromatic nitrogens is 1. The standard InChI is InChI=1S/C19H19N3O3S3/c1-11-8-16(12(2)27-11)17-10-26-19(20-17)21-18(23)13-4-3-5-15(9-13)28(24,25)22-14-6-7-14/h3-5,8-10,14,22H,6-7H2,1-2H3,(H,20,21,23). The maximum atomic E-state index is 12.6. The van der Waals surface area contributed by atoms with Gasteiger partial charge in [-0.1, -0.05) is 6.07 Å². The number of hydrogen-bond donors (Lipinski definition) is 2. The molecular formula is C19H19N3O3S3. The van der Waals surface area contributed by atoms with Crippen LogP contribution in [0.25, 0.3) is 11.3 Å². The molecule has 1 aromatic carbocycles. The predicted octanol–water partition coefficient (Wildman–Crippen LogP) is 4.18. The van der Waals surface area contributed by atoms with E-state index in [1.54, 1.807) is 23.5 Å². The fourth-order valence-electron chi connectivity index (χ4n) is 2.80. The third-order valence-corrected chi connectivity index (χ3v) is 7.59. The van der Waals surface area contributed by atoms with E-state index in [0.29, 0.717) is 5.13 Å². The molecule has 0 bridgehead atoms. The molecule has 2 aromatic heterocycles. The topological polar surface area (TPSA) is 88.2 Å². The molecule has 0 atom stereocenters. The van der Waals surface area contributed by atoms with Crippen molar-refractivity contribution in [1.29, 1.82) is 0 Å². The summed E-state index contributed by atoms with van der Waals surface area (Å²) in [7, 11) is -3.60. The van der Waals surface area contributed by atoms with Crippen molar-refractivity contribution in [3.8, 4) is 11.3 Å². The van der Waals surface area contributed by atoms with Gasteiger partial charge in [0.1, 0.15) is 0 Å². The first-order valence-electron chi connectivity index (χ1n) is 8.78. The number of aryl methyl sites for hydroxylation is 2. The summed E-state index contributed by atoms with van der Waals surface area (Å²) in [4.78, 5) is 19.6. The van der Waals surface area contributed by atoms with E-state index < -0.39 is 10.0 Å². The van der Waals surface area contributed by atoms with Gasteiger partial charge < -0.3 is 0 Å². The number of nitrogens with zero attached hydrogens (tertiary/aromatic N) is 1. The molecule has 1 saturated carbocycles. The lowest BCUT2D eigenvalue weighted by atomic mass is 10.2. The first-order chi connectivity index (χ1) is 13.3. The average Bonchev–Trinajstić information content (AvgIpc) is 3.21.